The second-order valence-corrected chi connectivity index (χ2v) is 8.51. The lowest BCUT2D eigenvalue weighted by Gasteiger charge is -2.31. The maximum atomic E-state index is 13.3. The summed E-state index contributed by atoms with van der Waals surface area (Å²) in [5.74, 6) is -1.57. The first-order valence-corrected chi connectivity index (χ1v) is 11.3. The summed E-state index contributed by atoms with van der Waals surface area (Å²) >= 11 is 0. The van der Waals surface area contributed by atoms with Gasteiger partial charge in [-0.05, 0) is 36.8 Å². The number of hydrogen-bond acceptors (Lipinski definition) is 7. The third kappa shape index (κ3) is 3.82. The van der Waals surface area contributed by atoms with Crippen molar-refractivity contribution in [3.63, 3.8) is 0 Å². The van der Waals surface area contributed by atoms with E-state index in [9.17, 15) is 19.8 Å². The van der Waals surface area contributed by atoms with Gasteiger partial charge in [0, 0.05) is 32.4 Å². The van der Waals surface area contributed by atoms with E-state index in [2.05, 4.69) is 9.88 Å². The van der Waals surface area contributed by atoms with Gasteiger partial charge in [0.1, 0.15) is 17.1 Å². The average molecular weight is 463 g/mol. The Balaban J connectivity index is 1.60. The SMILES string of the molecule is Cc1nc2ccccn2c1/C(O)=C1\C(=O)C(=O)N(CCN2CCOCC2)C1c1ccc(O)cc1. The zero-order valence-corrected chi connectivity index (χ0v) is 18.8. The van der Waals surface area contributed by atoms with Crippen LogP contribution in [0.2, 0.25) is 0 Å². The van der Waals surface area contributed by atoms with Crippen LogP contribution in [-0.4, -0.2) is 80.5 Å². The molecule has 3 aromatic rings. The Kier molecular flexibility index (Phi) is 5.80. The van der Waals surface area contributed by atoms with E-state index < -0.39 is 17.7 Å². The number of aliphatic hydroxyl groups excluding tert-OH is 1. The molecule has 0 radical (unpaired) electrons. The van der Waals surface area contributed by atoms with Crippen LogP contribution in [0.15, 0.2) is 54.2 Å². The Morgan fingerprint density at radius 3 is 2.56 bits per heavy atom. The highest BCUT2D eigenvalue weighted by atomic mass is 16.5. The number of nitrogens with zero attached hydrogens (tertiary/aromatic N) is 4. The largest absolute Gasteiger partial charge is 0.508 e. The van der Waals surface area contributed by atoms with Crippen molar-refractivity contribution >= 4 is 23.1 Å². The number of carbonyl (C=O) groups excluding carboxylic acids is 2. The van der Waals surface area contributed by atoms with Crippen molar-refractivity contribution in [3.05, 3.63) is 71.2 Å². The maximum absolute atomic E-state index is 13.3. The number of ketones is 1. The second-order valence-electron chi connectivity index (χ2n) is 8.51. The van der Waals surface area contributed by atoms with Crippen LogP contribution < -0.4 is 0 Å². The topological polar surface area (TPSA) is 108 Å². The van der Waals surface area contributed by atoms with Crippen molar-refractivity contribution < 1.29 is 24.5 Å². The number of hydrogen-bond donors (Lipinski definition) is 2. The molecule has 9 heteroatoms. The fourth-order valence-corrected chi connectivity index (χ4v) is 4.71. The fraction of sp³-hybridized carbons (Fsp3) is 0.320. The van der Waals surface area contributed by atoms with Crippen LogP contribution in [-0.2, 0) is 14.3 Å². The summed E-state index contributed by atoms with van der Waals surface area (Å²) in [5.41, 5.74) is 2.21. The number of pyridine rings is 1. The predicted molar refractivity (Wildman–Crippen MR) is 124 cm³/mol. The Hall–Kier alpha value is -3.69. The molecule has 2 aliphatic heterocycles. The first-order chi connectivity index (χ1) is 16.5. The van der Waals surface area contributed by atoms with Gasteiger partial charge in [-0.1, -0.05) is 18.2 Å². The molecule has 0 aliphatic carbocycles. The van der Waals surface area contributed by atoms with Crippen LogP contribution in [0, 0.1) is 6.92 Å². The molecule has 0 bridgehead atoms. The van der Waals surface area contributed by atoms with Crippen molar-refractivity contribution in [1.82, 2.24) is 19.2 Å². The van der Waals surface area contributed by atoms with Gasteiger partial charge in [-0.3, -0.25) is 18.9 Å². The second kappa shape index (κ2) is 8.92. The Labute approximate surface area is 196 Å². The van der Waals surface area contributed by atoms with Gasteiger partial charge < -0.3 is 19.8 Å². The van der Waals surface area contributed by atoms with Crippen molar-refractivity contribution in [3.8, 4) is 5.75 Å². The molecular formula is C25H26N4O5. The van der Waals surface area contributed by atoms with Gasteiger partial charge in [-0.25, -0.2) is 4.98 Å². The Morgan fingerprint density at radius 2 is 1.82 bits per heavy atom. The molecule has 4 heterocycles. The molecule has 9 nitrogen and oxygen atoms in total. The van der Waals surface area contributed by atoms with Crippen molar-refractivity contribution in [2.24, 2.45) is 0 Å². The summed E-state index contributed by atoms with van der Waals surface area (Å²) in [6.45, 7) is 5.44. The number of imidazole rings is 1. The minimum atomic E-state index is -0.782. The molecule has 1 aromatic carbocycles. The number of rotatable bonds is 5. The number of phenols is 1. The van der Waals surface area contributed by atoms with Crippen LogP contribution in [0.5, 0.6) is 5.75 Å². The number of fused-ring (bicyclic) bond motifs is 1. The number of carbonyl (C=O) groups is 2. The first-order valence-electron chi connectivity index (χ1n) is 11.3. The van der Waals surface area contributed by atoms with E-state index in [1.807, 2.05) is 18.2 Å². The summed E-state index contributed by atoms with van der Waals surface area (Å²) < 4.78 is 7.11. The minimum absolute atomic E-state index is 0.0198. The molecule has 2 N–H and O–H groups in total. The van der Waals surface area contributed by atoms with Gasteiger partial charge in [0.05, 0.1) is 30.5 Å². The number of benzene rings is 1. The van der Waals surface area contributed by atoms with Gasteiger partial charge >= 0.3 is 0 Å². The number of aryl methyl sites for hydroxylation is 1. The summed E-state index contributed by atoms with van der Waals surface area (Å²) in [7, 11) is 0. The van der Waals surface area contributed by atoms with Crippen LogP contribution in [0.3, 0.4) is 0 Å². The summed E-state index contributed by atoms with van der Waals surface area (Å²) in [4.78, 5) is 34.6. The van der Waals surface area contributed by atoms with E-state index in [1.54, 1.807) is 29.7 Å². The molecule has 2 fully saturated rings. The number of Topliss-reactive ketones (excluding diaryl/α,β-unsaturated/α-hetero) is 1. The van der Waals surface area contributed by atoms with Crippen LogP contribution >= 0.6 is 0 Å². The molecule has 1 atom stereocenters. The smallest absolute Gasteiger partial charge is 0.295 e. The van der Waals surface area contributed by atoms with E-state index in [0.29, 0.717) is 48.9 Å². The lowest BCUT2D eigenvalue weighted by molar-refractivity contribution is -0.140. The van der Waals surface area contributed by atoms with Crippen LogP contribution in [0.4, 0.5) is 0 Å². The molecule has 34 heavy (non-hydrogen) atoms. The molecule has 2 aromatic heterocycles. The summed E-state index contributed by atoms with van der Waals surface area (Å²) in [6.07, 6.45) is 1.76. The summed E-state index contributed by atoms with van der Waals surface area (Å²) in [6, 6.07) is 11.0. The van der Waals surface area contributed by atoms with Gasteiger partial charge in [0.15, 0.2) is 5.76 Å². The standard InChI is InChI=1S/C25H26N4O5/c1-16-21(28-9-3-2-4-19(28)26-16)23(31)20-22(17-5-7-18(30)8-6-17)29(25(33)24(20)32)11-10-27-12-14-34-15-13-27/h2-9,22,30-31H,10-15H2,1H3/b23-20+. The number of ether oxygens (including phenoxy) is 1. The Bertz CT molecular complexity index is 1270. The molecule has 2 saturated heterocycles. The van der Waals surface area contributed by atoms with E-state index in [0.717, 1.165) is 13.1 Å². The maximum Gasteiger partial charge on any atom is 0.295 e. The molecule has 0 saturated carbocycles. The quantitative estimate of drug-likeness (QED) is 0.340. The van der Waals surface area contributed by atoms with Crippen molar-refractivity contribution in [2.75, 3.05) is 39.4 Å². The number of amides is 1. The monoisotopic (exact) mass is 462 g/mol. The number of likely N-dealkylation sites (tertiary alicyclic amines) is 1. The summed E-state index contributed by atoms with van der Waals surface area (Å²) in [5, 5.41) is 21.2. The van der Waals surface area contributed by atoms with E-state index in [-0.39, 0.29) is 17.1 Å². The van der Waals surface area contributed by atoms with E-state index in [4.69, 9.17) is 4.74 Å². The number of aromatic hydroxyl groups is 1. The lowest BCUT2D eigenvalue weighted by Crippen LogP contribution is -2.42. The number of phenolic OH excluding ortho intramolecular Hbond substituents is 1. The molecule has 1 amide bonds. The van der Waals surface area contributed by atoms with E-state index >= 15 is 0 Å². The van der Waals surface area contributed by atoms with Crippen LogP contribution in [0.1, 0.15) is 23.0 Å². The van der Waals surface area contributed by atoms with E-state index in [1.165, 1.54) is 17.0 Å². The van der Waals surface area contributed by atoms with Gasteiger partial charge in [-0.2, -0.15) is 0 Å². The predicted octanol–water partition coefficient (Wildman–Crippen LogP) is 2.10. The first kappa shape index (κ1) is 22.1. The molecule has 2 aliphatic rings. The number of aliphatic hydroxyl groups is 1. The minimum Gasteiger partial charge on any atom is -0.508 e. The normalized spacial score (nSPS) is 21.0. The highest BCUT2D eigenvalue weighted by Crippen LogP contribution is 2.40. The third-order valence-corrected chi connectivity index (χ3v) is 6.44. The zero-order valence-electron chi connectivity index (χ0n) is 18.8. The number of aromatic nitrogens is 2. The lowest BCUT2D eigenvalue weighted by atomic mass is 9.96. The molecule has 1 unspecified atom stereocenters. The zero-order chi connectivity index (χ0) is 23.8. The molecule has 5 rings (SSSR count). The fourth-order valence-electron chi connectivity index (χ4n) is 4.71. The molecule has 0 spiro atoms. The number of morpholine rings is 1. The van der Waals surface area contributed by atoms with Gasteiger partial charge in [0.2, 0.25) is 0 Å². The molecular weight excluding hydrogens is 436 g/mol. The van der Waals surface area contributed by atoms with Gasteiger partial charge in [0.25, 0.3) is 11.7 Å². The molecule has 176 valence electrons. The van der Waals surface area contributed by atoms with Gasteiger partial charge in [-0.15, -0.1) is 0 Å². The highest BCUT2D eigenvalue weighted by molar-refractivity contribution is 6.46. The van der Waals surface area contributed by atoms with Crippen LogP contribution in [0.25, 0.3) is 11.4 Å². The third-order valence-electron chi connectivity index (χ3n) is 6.44. The van der Waals surface area contributed by atoms with Crippen molar-refractivity contribution in [2.45, 2.75) is 13.0 Å². The average Bonchev–Trinajstić information content (AvgIpc) is 3.31. The van der Waals surface area contributed by atoms with Crippen molar-refractivity contribution in [1.29, 1.82) is 0 Å². The highest BCUT2D eigenvalue weighted by Gasteiger charge is 2.46. The Morgan fingerprint density at radius 1 is 1.09 bits per heavy atom.